The van der Waals surface area contributed by atoms with E-state index in [9.17, 15) is 0 Å². The van der Waals surface area contributed by atoms with Crippen LogP contribution in [0, 0.1) is 6.92 Å². The van der Waals surface area contributed by atoms with E-state index in [0.717, 1.165) is 5.75 Å². The van der Waals surface area contributed by atoms with Crippen molar-refractivity contribution in [3.63, 3.8) is 0 Å². The lowest BCUT2D eigenvalue weighted by atomic mass is 10.1. The lowest BCUT2D eigenvalue weighted by Crippen LogP contribution is -2.04. The van der Waals surface area contributed by atoms with Crippen molar-refractivity contribution in [3.05, 3.63) is 42.1 Å². The second kappa shape index (κ2) is 4.66. The molecule has 0 aliphatic heterocycles. The van der Waals surface area contributed by atoms with Crippen molar-refractivity contribution in [2.24, 2.45) is 0 Å². The predicted molar refractivity (Wildman–Crippen MR) is 71.5 cm³/mol. The number of aromatic nitrogens is 1. The molecule has 1 heterocycles. The van der Waals surface area contributed by atoms with Crippen molar-refractivity contribution in [2.45, 2.75) is 26.8 Å². The van der Waals surface area contributed by atoms with Gasteiger partial charge in [-0.1, -0.05) is 0 Å². The van der Waals surface area contributed by atoms with Gasteiger partial charge in [-0.05, 0) is 62.7 Å². The average molecular weight is 229 g/mol. The van der Waals surface area contributed by atoms with Crippen molar-refractivity contribution < 1.29 is 4.74 Å². The number of ether oxygens (including phenoxy) is 1. The van der Waals surface area contributed by atoms with Gasteiger partial charge in [0.05, 0.1) is 7.11 Å². The van der Waals surface area contributed by atoms with Gasteiger partial charge in [0.1, 0.15) is 5.75 Å². The minimum Gasteiger partial charge on any atom is -0.497 e. The van der Waals surface area contributed by atoms with Crippen LogP contribution in [0.25, 0.3) is 11.3 Å². The second-order valence-corrected chi connectivity index (χ2v) is 4.55. The molecule has 0 aliphatic carbocycles. The van der Waals surface area contributed by atoms with Crippen LogP contribution in [0.1, 0.15) is 25.6 Å². The first-order valence-corrected chi connectivity index (χ1v) is 5.95. The zero-order valence-corrected chi connectivity index (χ0v) is 10.9. The van der Waals surface area contributed by atoms with Crippen LogP contribution < -0.4 is 4.74 Å². The molecule has 0 atom stereocenters. The SMILES string of the molecule is COc1ccc(-c2ccc(C)n2C(C)C)cc1. The lowest BCUT2D eigenvalue weighted by Gasteiger charge is -2.16. The second-order valence-electron chi connectivity index (χ2n) is 4.55. The van der Waals surface area contributed by atoms with Gasteiger partial charge >= 0.3 is 0 Å². The Bertz CT molecular complexity index is 494. The van der Waals surface area contributed by atoms with Gasteiger partial charge in [0.15, 0.2) is 0 Å². The summed E-state index contributed by atoms with van der Waals surface area (Å²) in [5, 5.41) is 0. The fourth-order valence-electron chi connectivity index (χ4n) is 2.23. The summed E-state index contributed by atoms with van der Waals surface area (Å²) in [4.78, 5) is 0. The van der Waals surface area contributed by atoms with Gasteiger partial charge in [0, 0.05) is 17.4 Å². The highest BCUT2D eigenvalue weighted by molar-refractivity contribution is 5.62. The Balaban J connectivity index is 2.45. The summed E-state index contributed by atoms with van der Waals surface area (Å²) in [5.41, 5.74) is 3.79. The predicted octanol–water partition coefficient (Wildman–Crippen LogP) is 4.05. The molecule has 0 fully saturated rings. The van der Waals surface area contributed by atoms with Gasteiger partial charge in [0.25, 0.3) is 0 Å². The number of hydrogen-bond acceptors (Lipinski definition) is 1. The van der Waals surface area contributed by atoms with E-state index in [2.05, 4.69) is 49.6 Å². The molecule has 17 heavy (non-hydrogen) atoms. The highest BCUT2D eigenvalue weighted by Crippen LogP contribution is 2.27. The smallest absolute Gasteiger partial charge is 0.118 e. The number of hydrogen-bond donors (Lipinski definition) is 0. The van der Waals surface area contributed by atoms with Gasteiger partial charge in [-0.3, -0.25) is 0 Å². The molecule has 0 N–H and O–H groups in total. The van der Waals surface area contributed by atoms with Gasteiger partial charge in [-0.15, -0.1) is 0 Å². The third kappa shape index (κ3) is 2.21. The van der Waals surface area contributed by atoms with Crippen LogP contribution in [0.15, 0.2) is 36.4 Å². The molecule has 0 saturated heterocycles. The van der Waals surface area contributed by atoms with Gasteiger partial charge in [-0.2, -0.15) is 0 Å². The normalized spacial score (nSPS) is 10.9. The van der Waals surface area contributed by atoms with Gasteiger partial charge < -0.3 is 9.30 Å². The van der Waals surface area contributed by atoms with E-state index in [1.54, 1.807) is 7.11 Å². The van der Waals surface area contributed by atoms with Crippen molar-refractivity contribution in [2.75, 3.05) is 7.11 Å². The van der Waals surface area contributed by atoms with E-state index in [4.69, 9.17) is 4.74 Å². The number of rotatable bonds is 3. The number of benzene rings is 1. The van der Waals surface area contributed by atoms with Crippen LogP contribution in [-0.4, -0.2) is 11.7 Å². The maximum atomic E-state index is 5.18. The van der Waals surface area contributed by atoms with Crippen LogP contribution in [-0.2, 0) is 0 Å². The van der Waals surface area contributed by atoms with E-state index in [1.165, 1.54) is 17.0 Å². The quantitative estimate of drug-likeness (QED) is 0.774. The summed E-state index contributed by atoms with van der Waals surface area (Å²) in [6.07, 6.45) is 0. The zero-order valence-electron chi connectivity index (χ0n) is 10.9. The van der Waals surface area contributed by atoms with Crippen LogP contribution in [0.5, 0.6) is 5.75 Å². The van der Waals surface area contributed by atoms with Crippen molar-refractivity contribution in [3.8, 4) is 17.0 Å². The van der Waals surface area contributed by atoms with Crippen molar-refractivity contribution >= 4 is 0 Å². The third-order valence-corrected chi connectivity index (χ3v) is 3.02. The van der Waals surface area contributed by atoms with Gasteiger partial charge in [-0.25, -0.2) is 0 Å². The zero-order chi connectivity index (χ0) is 12.4. The molecule has 0 amide bonds. The maximum Gasteiger partial charge on any atom is 0.118 e. The Hall–Kier alpha value is -1.70. The summed E-state index contributed by atoms with van der Waals surface area (Å²) in [6, 6.07) is 13.0. The third-order valence-electron chi connectivity index (χ3n) is 3.02. The Labute approximate surface area is 103 Å². The maximum absolute atomic E-state index is 5.18. The Morgan fingerprint density at radius 3 is 2.18 bits per heavy atom. The summed E-state index contributed by atoms with van der Waals surface area (Å²) in [6.45, 7) is 6.56. The molecule has 0 bridgehead atoms. The van der Waals surface area contributed by atoms with Crippen LogP contribution in [0.2, 0.25) is 0 Å². The topological polar surface area (TPSA) is 14.2 Å². The van der Waals surface area contributed by atoms with E-state index >= 15 is 0 Å². The summed E-state index contributed by atoms with van der Waals surface area (Å²) >= 11 is 0. The average Bonchev–Trinajstić information content (AvgIpc) is 2.71. The molecule has 90 valence electrons. The molecule has 0 spiro atoms. The molecule has 0 unspecified atom stereocenters. The number of nitrogens with zero attached hydrogens (tertiary/aromatic N) is 1. The summed E-state index contributed by atoms with van der Waals surface area (Å²) in [5.74, 6) is 0.896. The number of methoxy groups -OCH3 is 1. The Morgan fingerprint density at radius 1 is 1.00 bits per heavy atom. The number of aryl methyl sites for hydroxylation is 1. The minimum absolute atomic E-state index is 0.474. The fraction of sp³-hybridized carbons (Fsp3) is 0.333. The standard InChI is InChI=1S/C15H19NO/c1-11(2)16-12(3)5-10-15(16)13-6-8-14(17-4)9-7-13/h5-11H,1-4H3. The van der Waals surface area contributed by atoms with E-state index in [-0.39, 0.29) is 0 Å². The molecule has 2 heteroatoms. The molecule has 1 aromatic carbocycles. The first-order chi connectivity index (χ1) is 8.13. The Kier molecular flexibility index (Phi) is 3.23. The molecule has 2 rings (SSSR count). The molecule has 1 aromatic heterocycles. The molecule has 2 nitrogen and oxygen atoms in total. The molecular formula is C15H19NO. The summed E-state index contributed by atoms with van der Waals surface area (Å²) < 4.78 is 7.53. The lowest BCUT2D eigenvalue weighted by molar-refractivity contribution is 0.415. The van der Waals surface area contributed by atoms with E-state index in [1.807, 2.05) is 12.1 Å². The molecule has 0 radical (unpaired) electrons. The Morgan fingerprint density at radius 2 is 1.65 bits per heavy atom. The van der Waals surface area contributed by atoms with Crippen LogP contribution >= 0.6 is 0 Å². The highest BCUT2D eigenvalue weighted by atomic mass is 16.5. The minimum atomic E-state index is 0.474. The van der Waals surface area contributed by atoms with Crippen molar-refractivity contribution in [1.82, 2.24) is 4.57 Å². The highest BCUT2D eigenvalue weighted by Gasteiger charge is 2.09. The van der Waals surface area contributed by atoms with Crippen molar-refractivity contribution in [1.29, 1.82) is 0 Å². The van der Waals surface area contributed by atoms with E-state index in [0.29, 0.717) is 6.04 Å². The summed E-state index contributed by atoms with van der Waals surface area (Å²) in [7, 11) is 1.69. The molecule has 2 aromatic rings. The largest absolute Gasteiger partial charge is 0.497 e. The molecule has 0 saturated carbocycles. The fourth-order valence-corrected chi connectivity index (χ4v) is 2.23. The first kappa shape index (κ1) is 11.8. The first-order valence-electron chi connectivity index (χ1n) is 5.95. The monoisotopic (exact) mass is 229 g/mol. The van der Waals surface area contributed by atoms with Crippen LogP contribution in [0.3, 0.4) is 0 Å². The molecular weight excluding hydrogens is 210 g/mol. The molecule has 0 aliphatic rings. The van der Waals surface area contributed by atoms with Crippen LogP contribution in [0.4, 0.5) is 0 Å². The van der Waals surface area contributed by atoms with Gasteiger partial charge in [0.2, 0.25) is 0 Å². The van der Waals surface area contributed by atoms with E-state index < -0.39 is 0 Å².